The van der Waals surface area contributed by atoms with Crippen molar-refractivity contribution in [3.05, 3.63) is 45.5 Å². The standard InChI is InChI=1S/C15H14ClN5OS/c16-11-4-2-1-3-8(11)13-9(5-17)14(20)21-15(10(13)6-18)23-7-12(19)22/h1-4,9,13-14,21H,7,20H2,(H2,19,22)/t9-,13+,14+/m1/s1. The highest BCUT2D eigenvalue weighted by Crippen LogP contribution is 2.42. The smallest absolute Gasteiger partial charge is 0.227 e. The average molecular weight is 348 g/mol. The average Bonchev–Trinajstić information content (AvgIpc) is 2.52. The normalized spacial score (nSPS) is 23.6. The van der Waals surface area contributed by atoms with Crippen LogP contribution in [0.15, 0.2) is 34.9 Å². The number of thioether (sulfide) groups is 1. The van der Waals surface area contributed by atoms with Gasteiger partial charge in [-0.15, -0.1) is 0 Å². The number of allylic oxidation sites excluding steroid dienone is 1. The van der Waals surface area contributed by atoms with Crippen LogP contribution in [0.4, 0.5) is 0 Å². The Labute approximate surface area is 143 Å². The predicted octanol–water partition coefficient (Wildman–Crippen LogP) is 1.41. The van der Waals surface area contributed by atoms with Crippen LogP contribution in [0.3, 0.4) is 0 Å². The van der Waals surface area contributed by atoms with Crippen molar-refractivity contribution in [2.24, 2.45) is 17.4 Å². The van der Waals surface area contributed by atoms with Crippen LogP contribution in [0.1, 0.15) is 11.5 Å². The summed E-state index contributed by atoms with van der Waals surface area (Å²) in [6.07, 6.45) is -0.686. The highest BCUT2D eigenvalue weighted by atomic mass is 35.5. The molecule has 5 N–H and O–H groups in total. The van der Waals surface area contributed by atoms with E-state index in [0.717, 1.165) is 11.8 Å². The lowest BCUT2D eigenvalue weighted by Gasteiger charge is -2.35. The summed E-state index contributed by atoms with van der Waals surface area (Å²) < 4.78 is 0. The van der Waals surface area contributed by atoms with Crippen LogP contribution in [-0.2, 0) is 4.79 Å². The molecule has 1 amide bonds. The van der Waals surface area contributed by atoms with Crippen LogP contribution in [0.25, 0.3) is 0 Å². The summed E-state index contributed by atoms with van der Waals surface area (Å²) in [6, 6.07) is 11.3. The fraction of sp³-hybridized carbons (Fsp3) is 0.267. The van der Waals surface area contributed by atoms with E-state index in [2.05, 4.69) is 17.5 Å². The Morgan fingerprint density at radius 3 is 2.65 bits per heavy atom. The summed E-state index contributed by atoms with van der Waals surface area (Å²) in [6.45, 7) is 0. The number of carbonyl (C=O) groups is 1. The van der Waals surface area contributed by atoms with Crippen molar-refractivity contribution >= 4 is 29.3 Å². The molecule has 0 fully saturated rings. The van der Waals surface area contributed by atoms with Gasteiger partial charge >= 0.3 is 0 Å². The van der Waals surface area contributed by atoms with Crippen molar-refractivity contribution in [2.45, 2.75) is 12.1 Å². The molecule has 0 saturated carbocycles. The van der Waals surface area contributed by atoms with Gasteiger partial charge < -0.3 is 16.8 Å². The lowest BCUT2D eigenvalue weighted by atomic mass is 9.78. The predicted molar refractivity (Wildman–Crippen MR) is 88.7 cm³/mol. The number of primary amides is 1. The molecule has 118 valence electrons. The number of amides is 1. The van der Waals surface area contributed by atoms with Crippen LogP contribution in [0, 0.1) is 28.6 Å². The van der Waals surface area contributed by atoms with Crippen LogP contribution in [0.5, 0.6) is 0 Å². The van der Waals surface area contributed by atoms with E-state index in [1.807, 2.05) is 0 Å². The van der Waals surface area contributed by atoms with E-state index in [1.54, 1.807) is 24.3 Å². The van der Waals surface area contributed by atoms with Gasteiger partial charge in [-0.3, -0.25) is 4.79 Å². The van der Waals surface area contributed by atoms with Crippen molar-refractivity contribution in [1.82, 2.24) is 5.32 Å². The van der Waals surface area contributed by atoms with Crippen molar-refractivity contribution in [1.29, 1.82) is 10.5 Å². The molecule has 0 bridgehead atoms. The van der Waals surface area contributed by atoms with E-state index in [1.165, 1.54) is 0 Å². The highest BCUT2D eigenvalue weighted by Gasteiger charge is 2.39. The first kappa shape index (κ1) is 17.2. The summed E-state index contributed by atoms with van der Waals surface area (Å²) in [7, 11) is 0. The first-order valence-electron chi connectivity index (χ1n) is 6.71. The Hall–Kier alpha value is -2.19. The second-order valence-corrected chi connectivity index (χ2v) is 6.33. The lowest BCUT2D eigenvalue weighted by Crippen LogP contribution is -2.49. The van der Waals surface area contributed by atoms with Gasteiger partial charge in [-0.1, -0.05) is 41.6 Å². The van der Waals surface area contributed by atoms with Gasteiger partial charge in [0.2, 0.25) is 5.91 Å². The minimum atomic E-state index is -0.686. The summed E-state index contributed by atoms with van der Waals surface area (Å²) in [5, 5.41) is 22.9. The third-order valence-corrected chi connectivity index (χ3v) is 4.87. The van der Waals surface area contributed by atoms with Crippen LogP contribution in [0.2, 0.25) is 5.02 Å². The number of nitriles is 2. The third-order valence-electron chi connectivity index (χ3n) is 3.47. The van der Waals surface area contributed by atoms with Gasteiger partial charge in [-0.05, 0) is 11.6 Å². The van der Waals surface area contributed by atoms with Gasteiger partial charge in [-0.2, -0.15) is 10.5 Å². The molecule has 1 heterocycles. The first-order valence-corrected chi connectivity index (χ1v) is 8.07. The molecule has 3 atom stereocenters. The van der Waals surface area contributed by atoms with Gasteiger partial charge in [0.25, 0.3) is 0 Å². The van der Waals surface area contributed by atoms with Crippen LogP contribution in [-0.4, -0.2) is 17.8 Å². The number of hydrogen-bond donors (Lipinski definition) is 3. The van der Waals surface area contributed by atoms with E-state index in [-0.39, 0.29) is 5.75 Å². The molecule has 0 radical (unpaired) electrons. The maximum atomic E-state index is 11.0. The molecule has 1 aromatic carbocycles. The maximum absolute atomic E-state index is 11.0. The number of benzene rings is 1. The quantitative estimate of drug-likeness (QED) is 0.755. The van der Waals surface area contributed by atoms with Gasteiger partial charge in [0, 0.05) is 10.9 Å². The van der Waals surface area contributed by atoms with Crippen LogP contribution < -0.4 is 16.8 Å². The fourth-order valence-electron chi connectivity index (χ4n) is 2.46. The summed E-state index contributed by atoms with van der Waals surface area (Å²) in [4.78, 5) is 11.0. The van der Waals surface area contributed by atoms with Gasteiger partial charge in [0.15, 0.2) is 0 Å². The van der Waals surface area contributed by atoms with E-state index in [0.29, 0.717) is 21.2 Å². The molecule has 1 aliphatic heterocycles. The molecular formula is C15H14ClN5OS. The van der Waals surface area contributed by atoms with E-state index in [9.17, 15) is 15.3 Å². The van der Waals surface area contributed by atoms with Crippen molar-refractivity contribution in [3.8, 4) is 12.1 Å². The molecule has 0 saturated heterocycles. The number of halogens is 1. The molecule has 2 rings (SSSR count). The molecule has 8 heteroatoms. The molecule has 1 aliphatic rings. The van der Waals surface area contributed by atoms with Gasteiger partial charge in [0.05, 0.1) is 40.6 Å². The Morgan fingerprint density at radius 1 is 1.39 bits per heavy atom. The minimum Gasteiger partial charge on any atom is -0.369 e. The zero-order valence-corrected chi connectivity index (χ0v) is 13.6. The van der Waals surface area contributed by atoms with Crippen LogP contribution >= 0.6 is 23.4 Å². The monoisotopic (exact) mass is 347 g/mol. The Kier molecular flexibility index (Phi) is 5.51. The summed E-state index contributed by atoms with van der Waals surface area (Å²) in [5.41, 5.74) is 12.2. The summed E-state index contributed by atoms with van der Waals surface area (Å²) >= 11 is 7.34. The second kappa shape index (κ2) is 7.38. The van der Waals surface area contributed by atoms with E-state index >= 15 is 0 Å². The molecule has 6 nitrogen and oxygen atoms in total. The Balaban J connectivity index is 2.55. The molecule has 0 aliphatic carbocycles. The van der Waals surface area contributed by atoms with E-state index in [4.69, 9.17) is 23.1 Å². The molecule has 0 unspecified atom stereocenters. The zero-order valence-electron chi connectivity index (χ0n) is 12.0. The molecule has 0 spiro atoms. The number of carbonyl (C=O) groups excluding carboxylic acids is 1. The molecule has 0 aromatic heterocycles. The Morgan fingerprint density at radius 2 is 2.09 bits per heavy atom. The summed E-state index contributed by atoms with van der Waals surface area (Å²) in [5.74, 6) is -1.73. The number of rotatable bonds is 4. The van der Waals surface area contributed by atoms with Crippen molar-refractivity contribution in [2.75, 3.05) is 5.75 Å². The van der Waals surface area contributed by atoms with Crippen molar-refractivity contribution < 1.29 is 4.79 Å². The topological polar surface area (TPSA) is 129 Å². The van der Waals surface area contributed by atoms with E-state index < -0.39 is 23.9 Å². The zero-order chi connectivity index (χ0) is 17.0. The lowest BCUT2D eigenvalue weighted by molar-refractivity contribution is -0.115. The second-order valence-electron chi connectivity index (χ2n) is 4.93. The molecule has 1 aromatic rings. The minimum absolute atomic E-state index is 0.00664. The first-order chi connectivity index (χ1) is 11.0. The maximum Gasteiger partial charge on any atom is 0.227 e. The number of nitrogens with zero attached hydrogens (tertiary/aromatic N) is 2. The number of nitrogens with two attached hydrogens (primary N) is 2. The van der Waals surface area contributed by atoms with Gasteiger partial charge in [0.1, 0.15) is 0 Å². The number of nitrogens with one attached hydrogen (secondary N) is 1. The molecule has 23 heavy (non-hydrogen) atoms. The van der Waals surface area contributed by atoms with Crippen molar-refractivity contribution in [3.63, 3.8) is 0 Å². The fourth-order valence-corrected chi connectivity index (χ4v) is 3.55. The van der Waals surface area contributed by atoms with Gasteiger partial charge in [-0.25, -0.2) is 0 Å². The highest BCUT2D eigenvalue weighted by molar-refractivity contribution is 8.03. The SMILES string of the molecule is N#CC1=C(SCC(N)=O)N[C@H](N)[C@H](C#N)[C@@H]1c1ccccc1Cl. The third kappa shape index (κ3) is 3.59. The Bertz CT molecular complexity index is 736. The molecular weight excluding hydrogens is 334 g/mol. The number of hydrogen-bond acceptors (Lipinski definition) is 6. The largest absolute Gasteiger partial charge is 0.369 e.